The van der Waals surface area contributed by atoms with Crippen molar-refractivity contribution in [3.63, 3.8) is 0 Å². The van der Waals surface area contributed by atoms with Crippen molar-refractivity contribution in [2.45, 2.75) is 25.8 Å². The molecule has 0 unspecified atom stereocenters. The van der Waals surface area contributed by atoms with E-state index in [1.165, 1.54) is 6.92 Å². The number of nitrogens with one attached hydrogen (secondary N) is 1. The molecule has 138 valence electrons. The monoisotopic (exact) mass is 375 g/mol. The minimum Gasteiger partial charge on any atom is -0.481 e. The van der Waals surface area contributed by atoms with Crippen molar-refractivity contribution < 1.29 is 19.8 Å². The third-order valence-corrected chi connectivity index (χ3v) is 4.70. The molecule has 2 aromatic rings. The molecule has 2 aromatic carbocycles. The average Bonchev–Trinajstić information content (AvgIpc) is 2.62. The number of benzene rings is 2. The summed E-state index contributed by atoms with van der Waals surface area (Å²) >= 11 is 6.02. The number of hydrogen-bond acceptors (Lipinski definition) is 3. The summed E-state index contributed by atoms with van der Waals surface area (Å²) in [6.45, 7) is 0.976. The van der Waals surface area contributed by atoms with Crippen molar-refractivity contribution in [3.8, 4) is 11.1 Å². The minimum atomic E-state index is -1.30. The molecule has 0 spiro atoms. The summed E-state index contributed by atoms with van der Waals surface area (Å²) in [5.41, 5.74) is 1.68. The lowest BCUT2D eigenvalue weighted by molar-refractivity contribution is -0.151. The third-order valence-electron chi connectivity index (χ3n) is 4.46. The number of amides is 1. The topological polar surface area (TPSA) is 86.6 Å². The van der Waals surface area contributed by atoms with E-state index in [4.69, 9.17) is 11.6 Å². The van der Waals surface area contributed by atoms with Gasteiger partial charge in [-0.05, 0) is 48.6 Å². The Labute approximate surface area is 157 Å². The van der Waals surface area contributed by atoms with Crippen LogP contribution in [0.1, 0.15) is 18.9 Å². The molecule has 0 fully saturated rings. The predicted molar refractivity (Wildman–Crippen MR) is 101 cm³/mol. The van der Waals surface area contributed by atoms with Gasteiger partial charge < -0.3 is 15.5 Å². The number of carboxylic acids is 1. The second-order valence-electron chi connectivity index (χ2n) is 6.62. The summed E-state index contributed by atoms with van der Waals surface area (Å²) in [4.78, 5) is 22.3. The number of aliphatic hydroxyl groups excluding tert-OH is 1. The molecule has 0 aliphatic heterocycles. The second kappa shape index (κ2) is 8.83. The van der Waals surface area contributed by atoms with Crippen molar-refractivity contribution >= 4 is 24.0 Å². The van der Waals surface area contributed by atoms with Crippen molar-refractivity contribution in [2.24, 2.45) is 5.41 Å². The van der Waals surface area contributed by atoms with Gasteiger partial charge in [0.2, 0.25) is 6.41 Å². The van der Waals surface area contributed by atoms with Crippen molar-refractivity contribution in [3.05, 3.63) is 59.1 Å². The zero-order chi connectivity index (χ0) is 19.2. The number of halogens is 1. The highest BCUT2D eigenvalue weighted by molar-refractivity contribution is 6.30. The molecule has 0 heterocycles. The van der Waals surface area contributed by atoms with E-state index in [0.717, 1.165) is 16.7 Å². The third kappa shape index (κ3) is 5.07. The molecule has 5 nitrogen and oxygen atoms in total. The summed E-state index contributed by atoms with van der Waals surface area (Å²) in [7, 11) is 0. The van der Waals surface area contributed by atoms with Gasteiger partial charge in [-0.3, -0.25) is 9.59 Å². The molecular formula is C20H22ClNO4. The van der Waals surface area contributed by atoms with Crippen LogP contribution < -0.4 is 5.32 Å². The number of carbonyl (C=O) groups excluding carboxylic acids is 1. The van der Waals surface area contributed by atoms with Crippen LogP contribution in [0.3, 0.4) is 0 Å². The van der Waals surface area contributed by atoms with Gasteiger partial charge in [0.05, 0.1) is 12.0 Å². The van der Waals surface area contributed by atoms with E-state index in [1.54, 1.807) is 0 Å². The largest absolute Gasteiger partial charge is 0.481 e. The van der Waals surface area contributed by atoms with Gasteiger partial charge >= 0.3 is 5.97 Å². The number of aliphatic hydroxyl groups is 1. The fourth-order valence-electron chi connectivity index (χ4n) is 2.84. The summed E-state index contributed by atoms with van der Waals surface area (Å²) < 4.78 is 0. The molecule has 2 atom stereocenters. The van der Waals surface area contributed by atoms with E-state index >= 15 is 0 Å². The van der Waals surface area contributed by atoms with Crippen LogP contribution in [0.2, 0.25) is 5.02 Å². The number of hydrogen-bond donors (Lipinski definition) is 3. The molecule has 0 radical (unpaired) electrons. The first-order valence-electron chi connectivity index (χ1n) is 8.27. The number of aliphatic carboxylic acids is 1. The molecule has 0 aromatic heterocycles. The van der Waals surface area contributed by atoms with E-state index in [9.17, 15) is 19.8 Å². The Bertz CT molecular complexity index is 763. The van der Waals surface area contributed by atoms with E-state index in [1.807, 2.05) is 48.5 Å². The van der Waals surface area contributed by atoms with E-state index in [0.29, 0.717) is 17.9 Å². The highest BCUT2D eigenvalue weighted by Crippen LogP contribution is 2.26. The Balaban J connectivity index is 2.14. The first kappa shape index (κ1) is 19.9. The molecule has 0 saturated heterocycles. The molecule has 0 saturated carbocycles. The van der Waals surface area contributed by atoms with Crippen LogP contribution >= 0.6 is 11.6 Å². The van der Waals surface area contributed by atoms with Crippen LogP contribution in [0.4, 0.5) is 0 Å². The van der Waals surface area contributed by atoms with Gasteiger partial charge in [0, 0.05) is 11.1 Å². The summed E-state index contributed by atoms with van der Waals surface area (Å²) in [5.74, 6) is -1.09. The van der Waals surface area contributed by atoms with Crippen LogP contribution in [0.5, 0.6) is 0 Å². The fraction of sp³-hybridized carbons (Fsp3) is 0.300. The van der Waals surface area contributed by atoms with Crippen molar-refractivity contribution in [2.75, 3.05) is 6.61 Å². The lowest BCUT2D eigenvalue weighted by Gasteiger charge is -2.27. The predicted octanol–water partition coefficient (Wildman–Crippen LogP) is 3.14. The molecule has 2 rings (SSSR count). The molecule has 26 heavy (non-hydrogen) atoms. The Hall–Kier alpha value is -2.37. The molecule has 0 aliphatic rings. The first-order valence-corrected chi connectivity index (χ1v) is 8.64. The molecule has 1 amide bonds. The Morgan fingerprint density at radius 2 is 1.92 bits per heavy atom. The lowest BCUT2D eigenvalue weighted by Crippen LogP contribution is -2.41. The SMILES string of the molecule is C[C@@](CO)(C[C@@H](Cc1ccc(-c2cccc(Cl)c2)cc1)NC=O)C(=O)O. The molecule has 0 bridgehead atoms. The summed E-state index contributed by atoms with van der Waals surface area (Å²) in [6.07, 6.45) is 1.16. The summed E-state index contributed by atoms with van der Waals surface area (Å²) in [6, 6.07) is 15.0. The lowest BCUT2D eigenvalue weighted by atomic mass is 9.82. The van der Waals surface area contributed by atoms with Crippen LogP contribution in [0.15, 0.2) is 48.5 Å². The van der Waals surface area contributed by atoms with E-state index in [-0.39, 0.29) is 6.42 Å². The van der Waals surface area contributed by atoms with Gasteiger partial charge in [-0.15, -0.1) is 0 Å². The normalized spacial score (nSPS) is 14.3. The minimum absolute atomic E-state index is 0.133. The standard InChI is InChI=1S/C20H22ClNO4/c1-20(12-23,19(25)26)11-18(22-13-24)9-14-5-7-15(8-6-14)16-3-2-4-17(21)10-16/h2-8,10,13,18,23H,9,11-12H2,1H3,(H,22,24)(H,25,26)/t18-,20+/m1/s1. The number of carbonyl (C=O) groups is 2. The molecule has 6 heteroatoms. The molecule has 3 N–H and O–H groups in total. The number of carboxylic acid groups (broad SMARTS) is 1. The van der Waals surface area contributed by atoms with Crippen LogP contribution in [0.25, 0.3) is 11.1 Å². The molecule has 0 aliphatic carbocycles. The van der Waals surface area contributed by atoms with Gasteiger partial charge in [0.25, 0.3) is 0 Å². The van der Waals surface area contributed by atoms with E-state index < -0.39 is 24.0 Å². The van der Waals surface area contributed by atoms with Crippen LogP contribution in [-0.4, -0.2) is 35.2 Å². The Kier molecular flexibility index (Phi) is 6.77. The quantitative estimate of drug-likeness (QED) is 0.588. The fourth-order valence-corrected chi connectivity index (χ4v) is 3.03. The zero-order valence-corrected chi connectivity index (χ0v) is 15.2. The van der Waals surface area contributed by atoms with E-state index in [2.05, 4.69) is 5.32 Å². The smallest absolute Gasteiger partial charge is 0.311 e. The van der Waals surface area contributed by atoms with Crippen LogP contribution in [0, 0.1) is 5.41 Å². The Morgan fingerprint density at radius 1 is 1.23 bits per heavy atom. The average molecular weight is 376 g/mol. The molecular weight excluding hydrogens is 354 g/mol. The maximum Gasteiger partial charge on any atom is 0.311 e. The first-order chi connectivity index (χ1) is 12.4. The van der Waals surface area contributed by atoms with Gasteiger partial charge in [-0.1, -0.05) is 48.0 Å². The van der Waals surface area contributed by atoms with Gasteiger partial charge in [-0.2, -0.15) is 0 Å². The summed E-state index contributed by atoms with van der Waals surface area (Å²) in [5, 5.41) is 22.1. The van der Waals surface area contributed by atoms with Crippen LogP contribution in [-0.2, 0) is 16.0 Å². The second-order valence-corrected chi connectivity index (χ2v) is 7.06. The van der Waals surface area contributed by atoms with Crippen molar-refractivity contribution in [1.82, 2.24) is 5.32 Å². The van der Waals surface area contributed by atoms with Gasteiger partial charge in [0.1, 0.15) is 0 Å². The maximum absolute atomic E-state index is 11.4. The maximum atomic E-state index is 11.4. The highest BCUT2D eigenvalue weighted by Gasteiger charge is 2.35. The number of rotatable bonds is 9. The zero-order valence-electron chi connectivity index (χ0n) is 14.5. The highest BCUT2D eigenvalue weighted by atomic mass is 35.5. The Morgan fingerprint density at radius 3 is 2.46 bits per heavy atom. The van der Waals surface area contributed by atoms with Gasteiger partial charge in [-0.25, -0.2) is 0 Å². The van der Waals surface area contributed by atoms with Crippen molar-refractivity contribution in [1.29, 1.82) is 0 Å². The van der Waals surface area contributed by atoms with Gasteiger partial charge in [0.15, 0.2) is 0 Å².